The molecule has 8 heteroatoms. The number of carbonyl (C=O) groups excluding carboxylic acids is 2. The molecule has 0 aliphatic carbocycles. The Bertz CT molecular complexity index is 955. The monoisotopic (exact) mass is 396 g/mol. The topological polar surface area (TPSA) is 79.5 Å². The Balaban J connectivity index is 1.62. The zero-order valence-electron chi connectivity index (χ0n) is 15.4. The maximum Gasteiger partial charge on any atom is 0.263 e. The highest BCUT2D eigenvalue weighted by atomic mass is 32.1. The molecule has 144 valence electrons. The molecule has 1 saturated heterocycles. The predicted molar refractivity (Wildman–Crippen MR) is 104 cm³/mol. The number of carbonyl (C=O) groups is 2. The minimum atomic E-state index is -0.366. The summed E-state index contributed by atoms with van der Waals surface area (Å²) in [5.41, 5.74) is 0.599. The summed E-state index contributed by atoms with van der Waals surface area (Å²) in [6, 6.07) is 12.5. The first-order valence-corrected chi connectivity index (χ1v) is 10.0. The largest absolute Gasteiger partial charge is 0.337 e. The molecule has 1 fully saturated rings. The first-order valence-electron chi connectivity index (χ1n) is 9.12. The number of aromatic nitrogens is 2. The van der Waals surface area contributed by atoms with Crippen molar-refractivity contribution < 1.29 is 14.1 Å². The van der Waals surface area contributed by atoms with Crippen LogP contribution < -0.4 is 0 Å². The van der Waals surface area contributed by atoms with E-state index in [-0.39, 0.29) is 17.9 Å². The Hall–Kier alpha value is -3.00. The van der Waals surface area contributed by atoms with E-state index in [1.165, 1.54) is 11.3 Å². The second kappa shape index (κ2) is 7.93. The van der Waals surface area contributed by atoms with Gasteiger partial charge in [0.25, 0.3) is 11.8 Å². The molecule has 0 saturated carbocycles. The molecule has 2 amide bonds. The van der Waals surface area contributed by atoms with Crippen molar-refractivity contribution in [2.45, 2.75) is 19.4 Å². The first kappa shape index (κ1) is 18.4. The SMILES string of the molecule is Cc1noc(C2CCN(C(=O)c3cccs3)CCN2C(=O)c2ccccc2)n1. The molecule has 1 aliphatic rings. The number of rotatable bonds is 3. The van der Waals surface area contributed by atoms with Gasteiger partial charge in [-0.3, -0.25) is 9.59 Å². The van der Waals surface area contributed by atoms with Crippen LogP contribution in [-0.4, -0.2) is 51.4 Å². The van der Waals surface area contributed by atoms with Gasteiger partial charge in [0.1, 0.15) is 6.04 Å². The molecule has 7 nitrogen and oxygen atoms in total. The summed E-state index contributed by atoms with van der Waals surface area (Å²) in [5.74, 6) is 0.821. The van der Waals surface area contributed by atoms with Gasteiger partial charge in [-0.05, 0) is 36.9 Å². The summed E-state index contributed by atoms with van der Waals surface area (Å²) in [7, 11) is 0. The van der Waals surface area contributed by atoms with E-state index in [9.17, 15) is 9.59 Å². The third-order valence-electron chi connectivity index (χ3n) is 4.79. The van der Waals surface area contributed by atoms with Crippen molar-refractivity contribution in [3.8, 4) is 0 Å². The molecule has 1 unspecified atom stereocenters. The summed E-state index contributed by atoms with van der Waals surface area (Å²) < 4.78 is 5.39. The third-order valence-corrected chi connectivity index (χ3v) is 5.65. The fraction of sp³-hybridized carbons (Fsp3) is 0.300. The Kier molecular flexibility index (Phi) is 5.21. The molecule has 4 rings (SSSR count). The summed E-state index contributed by atoms with van der Waals surface area (Å²) >= 11 is 1.42. The van der Waals surface area contributed by atoms with Crippen LogP contribution in [0.25, 0.3) is 0 Å². The Morgan fingerprint density at radius 2 is 1.89 bits per heavy atom. The normalized spacial score (nSPS) is 17.4. The van der Waals surface area contributed by atoms with E-state index in [2.05, 4.69) is 10.1 Å². The van der Waals surface area contributed by atoms with Crippen LogP contribution >= 0.6 is 11.3 Å². The molecule has 0 N–H and O–H groups in total. The van der Waals surface area contributed by atoms with E-state index in [1.54, 1.807) is 28.9 Å². The van der Waals surface area contributed by atoms with E-state index in [0.29, 0.717) is 48.2 Å². The van der Waals surface area contributed by atoms with Crippen LogP contribution in [0, 0.1) is 6.92 Å². The highest BCUT2D eigenvalue weighted by Crippen LogP contribution is 2.28. The van der Waals surface area contributed by atoms with Gasteiger partial charge in [0.2, 0.25) is 5.89 Å². The maximum absolute atomic E-state index is 13.2. The number of hydrogen-bond donors (Lipinski definition) is 0. The summed E-state index contributed by atoms with van der Waals surface area (Å²) in [4.78, 5) is 34.6. The number of thiophene rings is 1. The number of benzene rings is 1. The molecule has 2 aromatic heterocycles. The highest BCUT2D eigenvalue weighted by molar-refractivity contribution is 7.12. The van der Waals surface area contributed by atoms with E-state index in [0.717, 1.165) is 0 Å². The van der Waals surface area contributed by atoms with Crippen LogP contribution in [0.2, 0.25) is 0 Å². The van der Waals surface area contributed by atoms with Gasteiger partial charge in [0.15, 0.2) is 5.82 Å². The molecule has 1 atom stereocenters. The fourth-order valence-corrected chi connectivity index (χ4v) is 4.07. The van der Waals surface area contributed by atoms with Crippen molar-refractivity contribution >= 4 is 23.2 Å². The summed E-state index contributed by atoms with van der Waals surface area (Å²) in [5, 5.41) is 5.77. The Labute approximate surface area is 166 Å². The van der Waals surface area contributed by atoms with Crippen LogP contribution in [0.1, 0.15) is 44.2 Å². The minimum Gasteiger partial charge on any atom is -0.337 e. The van der Waals surface area contributed by atoms with Gasteiger partial charge in [-0.15, -0.1) is 11.3 Å². The van der Waals surface area contributed by atoms with Gasteiger partial charge in [-0.25, -0.2) is 0 Å². The lowest BCUT2D eigenvalue weighted by Gasteiger charge is -2.27. The van der Waals surface area contributed by atoms with Gasteiger partial charge < -0.3 is 14.3 Å². The summed E-state index contributed by atoms with van der Waals surface area (Å²) in [6.45, 7) is 3.12. The number of nitrogens with zero attached hydrogens (tertiary/aromatic N) is 4. The average Bonchev–Trinajstić information content (AvgIpc) is 3.35. The molecule has 1 aromatic carbocycles. The quantitative estimate of drug-likeness (QED) is 0.679. The van der Waals surface area contributed by atoms with E-state index in [4.69, 9.17) is 4.52 Å². The maximum atomic E-state index is 13.2. The third kappa shape index (κ3) is 3.68. The Morgan fingerprint density at radius 3 is 2.57 bits per heavy atom. The van der Waals surface area contributed by atoms with Gasteiger partial charge in [-0.1, -0.05) is 29.4 Å². The highest BCUT2D eigenvalue weighted by Gasteiger charge is 2.34. The first-order chi connectivity index (χ1) is 13.6. The van der Waals surface area contributed by atoms with Crippen LogP contribution in [0.3, 0.4) is 0 Å². The lowest BCUT2D eigenvalue weighted by molar-refractivity contribution is 0.0642. The number of amides is 2. The molecule has 1 aliphatic heterocycles. The van der Waals surface area contributed by atoms with Crippen molar-refractivity contribution in [3.63, 3.8) is 0 Å². The molecule has 0 bridgehead atoms. The molecule has 3 aromatic rings. The molecule has 3 heterocycles. The van der Waals surface area contributed by atoms with E-state index < -0.39 is 0 Å². The number of hydrogen-bond acceptors (Lipinski definition) is 6. The lowest BCUT2D eigenvalue weighted by atomic mass is 10.1. The second-order valence-corrected chi connectivity index (χ2v) is 7.57. The van der Waals surface area contributed by atoms with Crippen LogP contribution in [0.4, 0.5) is 0 Å². The molecular formula is C20H20N4O3S. The van der Waals surface area contributed by atoms with Crippen molar-refractivity contribution in [1.82, 2.24) is 19.9 Å². The van der Waals surface area contributed by atoms with Crippen LogP contribution in [0.5, 0.6) is 0 Å². The smallest absolute Gasteiger partial charge is 0.263 e. The summed E-state index contributed by atoms with van der Waals surface area (Å²) in [6.07, 6.45) is 0.539. The number of aryl methyl sites for hydroxylation is 1. The van der Waals surface area contributed by atoms with Crippen molar-refractivity contribution in [3.05, 3.63) is 70.0 Å². The van der Waals surface area contributed by atoms with Gasteiger partial charge in [0, 0.05) is 25.2 Å². The molecule has 0 radical (unpaired) electrons. The average molecular weight is 396 g/mol. The van der Waals surface area contributed by atoms with Crippen LogP contribution in [-0.2, 0) is 0 Å². The molecule has 0 spiro atoms. The second-order valence-electron chi connectivity index (χ2n) is 6.62. The van der Waals surface area contributed by atoms with Crippen LogP contribution in [0.15, 0.2) is 52.4 Å². The van der Waals surface area contributed by atoms with Crippen molar-refractivity contribution in [2.75, 3.05) is 19.6 Å². The minimum absolute atomic E-state index is 0.00975. The zero-order valence-corrected chi connectivity index (χ0v) is 16.3. The molecule has 28 heavy (non-hydrogen) atoms. The zero-order chi connectivity index (χ0) is 19.5. The van der Waals surface area contributed by atoms with Crippen molar-refractivity contribution in [2.24, 2.45) is 0 Å². The fourth-order valence-electron chi connectivity index (χ4n) is 3.38. The lowest BCUT2D eigenvalue weighted by Crippen LogP contribution is -2.38. The van der Waals surface area contributed by atoms with Gasteiger partial charge >= 0.3 is 0 Å². The Morgan fingerprint density at radius 1 is 1.07 bits per heavy atom. The van der Waals surface area contributed by atoms with Gasteiger partial charge in [0.05, 0.1) is 4.88 Å². The molecular weight excluding hydrogens is 376 g/mol. The van der Waals surface area contributed by atoms with Gasteiger partial charge in [-0.2, -0.15) is 4.98 Å². The van der Waals surface area contributed by atoms with Crippen molar-refractivity contribution in [1.29, 1.82) is 0 Å². The standard InChI is InChI=1S/C20H20N4O3S/c1-14-21-18(27-22-14)16-9-10-23(20(26)17-8-5-13-28-17)11-12-24(16)19(25)15-6-3-2-4-7-15/h2-8,13,16H,9-12H2,1H3. The predicted octanol–water partition coefficient (Wildman–Crippen LogP) is 3.17. The van der Waals surface area contributed by atoms with E-state index >= 15 is 0 Å². The van der Waals surface area contributed by atoms with E-state index in [1.807, 2.05) is 35.7 Å².